The summed E-state index contributed by atoms with van der Waals surface area (Å²) in [6.45, 7) is 2.96. The highest BCUT2D eigenvalue weighted by Gasteiger charge is 2.77. The first-order valence-electron chi connectivity index (χ1n) is 4.34. The Hall–Kier alpha value is -1.27. The normalized spacial score (nSPS) is 33.3. The van der Waals surface area contributed by atoms with Crippen LogP contribution in [-0.2, 0) is 23.9 Å². The lowest BCUT2D eigenvalue weighted by atomic mass is 9.96. The van der Waals surface area contributed by atoms with E-state index >= 15 is 0 Å². The van der Waals surface area contributed by atoms with E-state index in [1.807, 2.05) is 0 Å². The number of epoxide rings is 1. The molecule has 2 unspecified atom stereocenters. The van der Waals surface area contributed by atoms with Crippen LogP contribution in [0, 0.1) is 0 Å². The van der Waals surface area contributed by atoms with Gasteiger partial charge in [0.2, 0.25) is 5.60 Å². The lowest BCUT2D eigenvalue weighted by Gasteiger charge is -2.10. The van der Waals surface area contributed by atoms with Crippen molar-refractivity contribution in [2.45, 2.75) is 32.2 Å². The van der Waals surface area contributed by atoms with Crippen LogP contribution < -0.4 is 0 Å². The number of carbonyl (C=O) groups excluding carboxylic acids is 3. The third kappa shape index (κ3) is 1.66. The first-order valence-corrected chi connectivity index (χ1v) is 4.34. The Bertz CT molecular complexity index is 335. The molecular formula is C9H12O6. The number of ketones is 2. The molecule has 2 atom stereocenters. The van der Waals surface area contributed by atoms with Crippen molar-refractivity contribution in [2.75, 3.05) is 6.61 Å². The van der Waals surface area contributed by atoms with E-state index in [9.17, 15) is 19.5 Å². The molecule has 0 spiro atoms. The summed E-state index contributed by atoms with van der Waals surface area (Å²) < 4.78 is 9.32. The average Bonchev–Trinajstić information content (AvgIpc) is 2.71. The molecule has 0 bridgehead atoms. The monoisotopic (exact) mass is 216 g/mol. The minimum Gasteiger partial charge on any atom is -0.462 e. The summed E-state index contributed by atoms with van der Waals surface area (Å²) in [7, 11) is 0. The van der Waals surface area contributed by atoms with Gasteiger partial charge in [0.15, 0.2) is 11.6 Å². The minimum absolute atomic E-state index is 0.451. The van der Waals surface area contributed by atoms with Crippen LogP contribution >= 0.6 is 0 Å². The van der Waals surface area contributed by atoms with Crippen molar-refractivity contribution in [3.63, 3.8) is 0 Å². The Morgan fingerprint density at radius 2 is 1.73 bits per heavy atom. The maximum atomic E-state index is 11.2. The fourth-order valence-electron chi connectivity index (χ4n) is 1.33. The zero-order chi connectivity index (χ0) is 11.9. The summed E-state index contributed by atoms with van der Waals surface area (Å²) >= 11 is 0. The number of esters is 1. The minimum atomic E-state index is -2.14. The Morgan fingerprint density at radius 3 is 2.00 bits per heavy atom. The first-order chi connectivity index (χ1) is 6.76. The number of aliphatic hydroxyl groups is 1. The Morgan fingerprint density at radius 1 is 1.20 bits per heavy atom. The Balaban J connectivity index is 2.82. The molecular weight excluding hydrogens is 204 g/mol. The van der Waals surface area contributed by atoms with Gasteiger partial charge in [-0.15, -0.1) is 0 Å². The predicted octanol–water partition coefficient (Wildman–Crippen LogP) is -0.815. The van der Waals surface area contributed by atoms with E-state index in [1.165, 1.54) is 0 Å². The zero-order valence-corrected chi connectivity index (χ0v) is 8.70. The second-order valence-corrected chi connectivity index (χ2v) is 3.47. The van der Waals surface area contributed by atoms with Crippen molar-refractivity contribution in [1.29, 1.82) is 0 Å². The maximum Gasteiger partial charge on any atom is 0.302 e. The molecule has 0 radical (unpaired) electrons. The van der Waals surface area contributed by atoms with Crippen molar-refractivity contribution in [3.8, 4) is 0 Å². The summed E-state index contributed by atoms with van der Waals surface area (Å²) in [6, 6.07) is 0. The van der Waals surface area contributed by atoms with Crippen LogP contribution in [-0.4, -0.2) is 40.6 Å². The van der Waals surface area contributed by atoms with E-state index in [-0.39, 0.29) is 0 Å². The highest BCUT2D eigenvalue weighted by molar-refractivity contribution is 6.01. The largest absolute Gasteiger partial charge is 0.462 e. The third-order valence-corrected chi connectivity index (χ3v) is 2.35. The van der Waals surface area contributed by atoms with Gasteiger partial charge in [-0.05, 0) is 6.92 Å². The van der Waals surface area contributed by atoms with Crippen molar-refractivity contribution in [1.82, 2.24) is 0 Å². The standard InChI is InChI=1S/C9H12O6/c1-5(10)8(4-14-7(3)12)9(13,15-8)6(2)11/h13H,4H2,1-3H3. The SMILES string of the molecule is CC(=O)OCC1(C(C)=O)OC1(O)C(C)=O. The van der Waals surface area contributed by atoms with Gasteiger partial charge < -0.3 is 14.6 Å². The van der Waals surface area contributed by atoms with Gasteiger partial charge in [-0.25, -0.2) is 0 Å². The molecule has 1 heterocycles. The summed E-state index contributed by atoms with van der Waals surface area (Å²) in [5.74, 6) is -4.00. The number of ether oxygens (including phenoxy) is 2. The van der Waals surface area contributed by atoms with Gasteiger partial charge in [-0.1, -0.05) is 0 Å². The van der Waals surface area contributed by atoms with Gasteiger partial charge >= 0.3 is 5.97 Å². The van der Waals surface area contributed by atoms with E-state index in [0.717, 1.165) is 20.8 Å². The van der Waals surface area contributed by atoms with Crippen LogP contribution in [0.2, 0.25) is 0 Å². The number of hydrogen-bond donors (Lipinski definition) is 1. The molecule has 6 heteroatoms. The molecule has 6 nitrogen and oxygen atoms in total. The van der Waals surface area contributed by atoms with Crippen LogP contribution in [0.15, 0.2) is 0 Å². The van der Waals surface area contributed by atoms with E-state index in [2.05, 4.69) is 4.74 Å². The quantitative estimate of drug-likeness (QED) is 0.487. The van der Waals surface area contributed by atoms with E-state index in [4.69, 9.17) is 4.74 Å². The highest BCUT2D eigenvalue weighted by Crippen LogP contribution is 2.47. The number of hydrogen-bond acceptors (Lipinski definition) is 6. The molecule has 1 fully saturated rings. The van der Waals surface area contributed by atoms with Crippen LogP contribution in [0.25, 0.3) is 0 Å². The van der Waals surface area contributed by atoms with Crippen molar-refractivity contribution >= 4 is 17.5 Å². The summed E-state index contributed by atoms with van der Waals surface area (Å²) in [5.41, 5.74) is -1.72. The molecule has 0 aromatic heterocycles. The summed E-state index contributed by atoms with van der Waals surface area (Å²) in [6.07, 6.45) is 0. The lowest BCUT2D eigenvalue weighted by molar-refractivity contribution is -0.145. The molecule has 1 N–H and O–H groups in total. The molecule has 0 aliphatic carbocycles. The van der Waals surface area contributed by atoms with Crippen LogP contribution in [0.3, 0.4) is 0 Å². The molecule has 1 saturated heterocycles. The van der Waals surface area contributed by atoms with Gasteiger partial charge in [0.1, 0.15) is 6.61 Å². The Kier molecular flexibility index (Phi) is 2.67. The first kappa shape index (κ1) is 11.8. The topological polar surface area (TPSA) is 93.2 Å². The Labute approximate surface area is 86.2 Å². The van der Waals surface area contributed by atoms with Gasteiger partial charge in [0.25, 0.3) is 5.79 Å². The molecule has 1 rings (SSSR count). The van der Waals surface area contributed by atoms with Gasteiger partial charge in [-0.3, -0.25) is 14.4 Å². The molecule has 0 saturated carbocycles. The zero-order valence-electron chi connectivity index (χ0n) is 8.70. The molecule has 0 aromatic carbocycles. The van der Waals surface area contributed by atoms with Crippen LogP contribution in [0.1, 0.15) is 20.8 Å². The molecule has 84 valence electrons. The molecule has 0 aromatic rings. The molecule has 15 heavy (non-hydrogen) atoms. The summed E-state index contributed by atoms with van der Waals surface area (Å²) in [4.78, 5) is 32.8. The van der Waals surface area contributed by atoms with Crippen LogP contribution in [0.4, 0.5) is 0 Å². The van der Waals surface area contributed by atoms with E-state index in [0.29, 0.717) is 0 Å². The second-order valence-electron chi connectivity index (χ2n) is 3.47. The summed E-state index contributed by atoms with van der Waals surface area (Å²) in [5, 5.41) is 9.62. The lowest BCUT2D eigenvalue weighted by Crippen LogP contribution is -2.41. The molecule has 1 aliphatic rings. The fourth-order valence-corrected chi connectivity index (χ4v) is 1.33. The fraction of sp³-hybridized carbons (Fsp3) is 0.667. The van der Waals surface area contributed by atoms with E-state index in [1.54, 1.807) is 0 Å². The average molecular weight is 216 g/mol. The molecule has 0 amide bonds. The number of rotatable bonds is 4. The molecule has 1 aliphatic heterocycles. The van der Waals surface area contributed by atoms with Crippen LogP contribution in [0.5, 0.6) is 0 Å². The smallest absolute Gasteiger partial charge is 0.302 e. The number of Topliss-reactive ketones (excluding diaryl/α,β-unsaturated/α-hetero) is 2. The van der Waals surface area contributed by atoms with Gasteiger partial charge in [0.05, 0.1) is 0 Å². The van der Waals surface area contributed by atoms with Gasteiger partial charge in [-0.2, -0.15) is 0 Å². The van der Waals surface area contributed by atoms with E-state index < -0.39 is 35.5 Å². The maximum absolute atomic E-state index is 11.2. The highest BCUT2D eigenvalue weighted by atomic mass is 16.8. The van der Waals surface area contributed by atoms with Crippen molar-refractivity contribution in [3.05, 3.63) is 0 Å². The third-order valence-electron chi connectivity index (χ3n) is 2.35. The second kappa shape index (κ2) is 3.39. The predicted molar refractivity (Wildman–Crippen MR) is 46.8 cm³/mol. The van der Waals surface area contributed by atoms with Gasteiger partial charge in [0, 0.05) is 13.8 Å². The number of carbonyl (C=O) groups is 3. The van der Waals surface area contributed by atoms with Crippen molar-refractivity contribution < 1.29 is 29.0 Å². The van der Waals surface area contributed by atoms with Crippen molar-refractivity contribution in [2.24, 2.45) is 0 Å².